The molecule has 1 heterocycles. The Labute approximate surface area is 127 Å². The van der Waals surface area contributed by atoms with Crippen LogP contribution in [0.2, 0.25) is 0 Å². The molecule has 6 nitrogen and oxygen atoms in total. The molecular weight excluding hydrogens is 284 g/mol. The maximum atomic E-state index is 11.4. The maximum Gasteiger partial charge on any atom is 0.344 e. The summed E-state index contributed by atoms with van der Waals surface area (Å²) in [5.74, 6) is -0.111. The highest BCUT2D eigenvalue weighted by atomic mass is 16.5. The summed E-state index contributed by atoms with van der Waals surface area (Å²) in [6.07, 6.45) is 2.51. The SMILES string of the molecule is Cc1cc(=O)[nH]c(/C=C/c2cccc(OC(C)C(=O)O)c2)n1. The molecule has 2 aromatic rings. The Hall–Kier alpha value is -2.89. The van der Waals surface area contributed by atoms with E-state index in [1.807, 2.05) is 6.07 Å². The Kier molecular flexibility index (Phi) is 4.73. The lowest BCUT2D eigenvalue weighted by Crippen LogP contribution is -2.22. The lowest BCUT2D eigenvalue weighted by Gasteiger charge is -2.10. The molecule has 0 aliphatic rings. The largest absolute Gasteiger partial charge is 0.479 e. The molecule has 0 saturated heterocycles. The zero-order valence-corrected chi connectivity index (χ0v) is 12.2. The van der Waals surface area contributed by atoms with Gasteiger partial charge in [0.2, 0.25) is 0 Å². The average molecular weight is 300 g/mol. The second kappa shape index (κ2) is 6.71. The topological polar surface area (TPSA) is 92.3 Å². The smallest absolute Gasteiger partial charge is 0.344 e. The summed E-state index contributed by atoms with van der Waals surface area (Å²) in [5, 5.41) is 8.84. The van der Waals surface area contributed by atoms with Gasteiger partial charge in [0.25, 0.3) is 5.56 Å². The van der Waals surface area contributed by atoms with Gasteiger partial charge in [0, 0.05) is 11.8 Å². The molecule has 114 valence electrons. The first-order valence-corrected chi connectivity index (χ1v) is 6.69. The first-order chi connectivity index (χ1) is 10.4. The molecule has 0 aliphatic heterocycles. The van der Waals surface area contributed by atoms with Crippen molar-refractivity contribution < 1.29 is 14.6 Å². The Morgan fingerprint density at radius 1 is 1.36 bits per heavy atom. The normalized spacial score (nSPS) is 12.3. The predicted octanol–water partition coefficient (Wildman–Crippen LogP) is 2.10. The lowest BCUT2D eigenvalue weighted by molar-refractivity contribution is -0.144. The van der Waals surface area contributed by atoms with Gasteiger partial charge in [-0.25, -0.2) is 9.78 Å². The van der Waals surface area contributed by atoms with Gasteiger partial charge in [-0.3, -0.25) is 4.79 Å². The first kappa shape index (κ1) is 15.5. The zero-order chi connectivity index (χ0) is 16.1. The van der Waals surface area contributed by atoms with E-state index in [2.05, 4.69) is 9.97 Å². The average Bonchev–Trinajstić information content (AvgIpc) is 2.44. The Morgan fingerprint density at radius 3 is 2.82 bits per heavy atom. The summed E-state index contributed by atoms with van der Waals surface area (Å²) in [4.78, 5) is 28.9. The highest BCUT2D eigenvalue weighted by molar-refractivity contribution is 5.72. The van der Waals surface area contributed by atoms with Crippen LogP contribution in [0.3, 0.4) is 0 Å². The molecule has 2 rings (SSSR count). The lowest BCUT2D eigenvalue weighted by atomic mass is 10.2. The molecule has 1 atom stereocenters. The molecule has 0 amide bonds. The van der Waals surface area contributed by atoms with Crippen molar-refractivity contribution in [3.63, 3.8) is 0 Å². The second-order valence-corrected chi connectivity index (χ2v) is 4.78. The van der Waals surface area contributed by atoms with Crippen LogP contribution in [0.1, 0.15) is 24.0 Å². The summed E-state index contributed by atoms with van der Waals surface area (Å²) in [7, 11) is 0. The Balaban J connectivity index is 2.17. The minimum atomic E-state index is -1.03. The zero-order valence-electron chi connectivity index (χ0n) is 12.2. The van der Waals surface area contributed by atoms with Crippen molar-refractivity contribution in [3.8, 4) is 5.75 Å². The Bertz CT molecular complexity index is 765. The van der Waals surface area contributed by atoms with Crippen molar-refractivity contribution in [2.24, 2.45) is 0 Å². The van der Waals surface area contributed by atoms with Gasteiger partial charge >= 0.3 is 5.97 Å². The number of aromatic amines is 1. The number of nitrogens with one attached hydrogen (secondary N) is 1. The number of aliphatic carboxylic acids is 1. The van der Waals surface area contributed by atoms with Crippen LogP contribution in [0.25, 0.3) is 12.2 Å². The Morgan fingerprint density at radius 2 is 2.14 bits per heavy atom. The fourth-order valence-corrected chi connectivity index (χ4v) is 1.80. The second-order valence-electron chi connectivity index (χ2n) is 4.78. The summed E-state index contributed by atoms with van der Waals surface area (Å²) >= 11 is 0. The van der Waals surface area contributed by atoms with Gasteiger partial charge in [-0.1, -0.05) is 18.2 Å². The molecule has 22 heavy (non-hydrogen) atoms. The van der Waals surface area contributed by atoms with Crippen molar-refractivity contribution >= 4 is 18.1 Å². The van der Waals surface area contributed by atoms with Crippen LogP contribution < -0.4 is 10.3 Å². The summed E-state index contributed by atoms with van der Waals surface area (Å²) < 4.78 is 5.30. The van der Waals surface area contributed by atoms with E-state index in [4.69, 9.17) is 9.84 Å². The van der Waals surface area contributed by atoms with Crippen LogP contribution in [0, 0.1) is 6.92 Å². The molecule has 0 fully saturated rings. The minimum Gasteiger partial charge on any atom is -0.479 e. The number of hydrogen-bond acceptors (Lipinski definition) is 4. The van der Waals surface area contributed by atoms with E-state index < -0.39 is 12.1 Å². The highest BCUT2D eigenvalue weighted by Gasteiger charge is 2.12. The quantitative estimate of drug-likeness (QED) is 0.882. The number of H-pyrrole nitrogens is 1. The van der Waals surface area contributed by atoms with Crippen molar-refractivity contribution in [1.82, 2.24) is 9.97 Å². The van der Waals surface area contributed by atoms with E-state index in [9.17, 15) is 9.59 Å². The molecular formula is C16H16N2O4. The molecule has 0 saturated carbocycles. The number of aromatic nitrogens is 2. The van der Waals surface area contributed by atoms with Gasteiger partial charge in [-0.05, 0) is 37.6 Å². The summed E-state index contributed by atoms with van der Waals surface area (Å²) in [6.45, 7) is 3.21. The number of aryl methyl sites for hydroxylation is 1. The van der Waals surface area contributed by atoms with Crippen LogP contribution in [0.5, 0.6) is 5.75 Å². The molecule has 2 N–H and O–H groups in total. The van der Waals surface area contributed by atoms with Gasteiger partial charge in [-0.15, -0.1) is 0 Å². The molecule has 1 unspecified atom stereocenters. The van der Waals surface area contributed by atoms with Crippen LogP contribution in [-0.4, -0.2) is 27.1 Å². The number of ether oxygens (including phenoxy) is 1. The third-order valence-corrected chi connectivity index (χ3v) is 2.84. The van der Waals surface area contributed by atoms with E-state index in [-0.39, 0.29) is 5.56 Å². The number of nitrogens with zero attached hydrogens (tertiary/aromatic N) is 1. The number of carboxylic acid groups (broad SMARTS) is 1. The van der Waals surface area contributed by atoms with Crippen LogP contribution in [0.15, 0.2) is 35.1 Å². The van der Waals surface area contributed by atoms with Gasteiger partial charge in [-0.2, -0.15) is 0 Å². The fourth-order valence-electron chi connectivity index (χ4n) is 1.80. The van der Waals surface area contributed by atoms with E-state index in [1.54, 1.807) is 37.3 Å². The number of hydrogen-bond donors (Lipinski definition) is 2. The van der Waals surface area contributed by atoms with Crippen LogP contribution >= 0.6 is 0 Å². The molecule has 6 heteroatoms. The van der Waals surface area contributed by atoms with Crippen LogP contribution in [0.4, 0.5) is 0 Å². The molecule has 1 aromatic carbocycles. The molecule has 0 radical (unpaired) electrons. The van der Waals surface area contributed by atoms with Crippen molar-refractivity contribution in [1.29, 1.82) is 0 Å². The monoisotopic (exact) mass is 300 g/mol. The number of carboxylic acids is 1. The highest BCUT2D eigenvalue weighted by Crippen LogP contribution is 2.16. The fraction of sp³-hybridized carbons (Fsp3) is 0.188. The number of rotatable bonds is 5. The summed E-state index contributed by atoms with van der Waals surface area (Å²) in [5.41, 5.74) is 1.23. The van der Waals surface area contributed by atoms with Crippen molar-refractivity contribution in [2.75, 3.05) is 0 Å². The molecule has 0 spiro atoms. The molecule has 0 bridgehead atoms. The third kappa shape index (κ3) is 4.31. The van der Waals surface area contributed by atoms with Gasteiger partial charge in [0.1, 0.15) is 11.6 Å². The van der Waals surface area contributed by atoms with Gasteiger partial charge in [0.05, 0.1) is 0 Å². The minimum absolute atomic E-state index is 0.209. The van der Waals surface area contributed by atoms with Crippen molar-refractivity contribution in [2.45, 2.75) is 20.0 Å². The molecule has 0 aliphatic carbocycles. The summed E-state index contributed by atoms with van der Waals surface area (Å²) in [6, 6.07) is 8.41. The third-order valence-electron chi connectivity index (χ3n) is 2.84. The van der Waals surface area contributed by atoms with E-state index >= 15 is 0 Å². The predicted molar refractivity (Wildman–Crippen MR) is 82.7 cm³/mol. The standard InChI is InChI=1S/C16H16N2O4/c1-10-8-15(19)18-14(17-10)7-6-12-4-3-5-13(9-12)22-11(2)16(20)21/h3-9,11H,1-2H3,(H,20,21)(H,17,18,19)/b7-6+. The van der Waals surface area contributed by atoms with Gasteiger partial charge < -0.3 is 14.8 Å². The van der Waals surface area contributed by atoms with E-state index in [1.165, 1.54) is 13.0 Å². The van der Waals surface area contributed by atoms with E-state index in [0.717, 1.165) is 5.56 Å². The van der Waals surface area contributed by atoms with E-state index in [0.29, 0.717) is 17.3 Å². The number of benzene rings is 1. The van der Waals surface area contributed by atoms with Crippen LogP contribution in [-0.2, 0) is 4.79 Å². The first-order valence-electron chi connectivity index (χ1n) is 6.69. The van der Waals surface area contributed by atoms with Crippen molar-refractivity contribution in [3.05, 3.63) is 57.8 Å². The molecule has 1 aromatic heterocycles. The van der Waals surface area contributed by atoms with Gasteiger partial charge in [0.15, 0.2) is 6.10 Å². The maximum absolute atomic E-state index is 11.4. The number of carbonyl (C=O) groups is 1.